The Kier molecular flexibility index (Phi) is 5.52. The largest absolute Gasteiger partial charge is 0.495 e. The van der Waals surface area contributed by atoms with Crippen molar-refractivity contribution in [3.63, 3.8) is 0 Å². The smallest absolute Gasteiger partial charge is 0.322 e. The number of hydrogen-bond donors (Lipinski definition) is 1. The third-order valence-electron chi connectivity index (χ3n) is 4.26. The number of sulfonamides is 1. The molecule has 0 unspecified atom stereocenters. The second-order valence-electron chi connectivity index (χ2n) is 5.98. The third-order valence-corrected chi connectivity index (χ3v) is 6.19. The van der Waals surface area contributed by atoms with Crippen LogP contribution in [0.3, 0.4) is 0 Å². The maximum absolute atomic E-state index is 13.1. The number of carbonyl (C=O) groups is 1. The van der Waals surface area contributed by atoms with Gasteiger partial charge in [-0.1, -0.05) is 18.2 Å². The molecule has 1 aliphatic rings. The van der Waals surface area contributed by atoms with Gasteiger partial charge < -0.3 is 9.84 Å². The lowest BCUT2D eigenvalue weighted by Crippen LogP contribution is -2.40. The van der Waals surface area contributed by atoms with E-state index in [2.05, 4.69) is 10.2 Å². The molecule has 9 heteroatoms. The first-order valence-electron chi connectivity index (χ1n) is 8.33. The monoisotopic (exact) mass is 389 g/mol. The molecule has 1 fully saturated rings. The lowest BCUT2D eigenvalue weighted by molar-refractivity contribution is -0.140. The summed E-state index contributed by atoms with van der Waals surface area (Å²) in [4.78, 5) is 11.3. The van der Waals surface area contributed by atoms with Crippen LogP contribution in [0.15, 0.2) is 63.7 Å². The van der Waals surface area contributed by atoms with Crippen molar-refractivity contribution in [3.8, 4) is 5.75 Å². The van der Waals surface area contributed by atoms with Crippen molar-refractivity contribution in [1.82, 2.24) is 4.31 Å². The van der Waals surface area contributed by atoms with Gasteiger partial charge in [0.1, 0.15) is 16.7 Å². The van der Waals surface area contributed by atoms with E-state index in [0.717, 1.165) is 4.31 Å². The molecule has 0 amide bonds. The van der Waals surface area contributed by atoms with E-state index in [4.69, 9.17) is 4.74 Å². The van der Waals surface area contributed by atoms with Crippen molar-refractivity contribution in [2.45, 2.75) is 23.8 Å². The van der Waals surface area contributed by atoms with Gasteiger partial charge in [0.2, 0.25) is 10.0 Å². The predicted molar refractivity (Wildman–Crippen MR) is 98.2 cm³/mol. The van der Waals surface area contributed by atoms with Crippen LogP contribution < -0.4 is 4.74 Å². The molecule has 1 aliphatic heterocycles. The molecule has 3 rings (SSSR count). The van der Waals surface area contributed by atoms with Crippen LogP contribution in [-0.4, -0.2) is 43.5 Å². The van der Waals surface area contributed by atoms with Crippen LogP contribution in [0.25, 0.3) is 0 Å². The van der Waals surface area contributed by atoms with Gasteiger partial charge in [0.25, 0.3) is 0 Å². The average molecular weight is 389 g/mol. The zero-order chi connectivity index (χ0) is 19.4. The van der Waals surface area contributed by atoms with Crippen LogP contribution >= 0.6 is 0 Å². The molecule has 1 heterocycles. The standard InChI is InChI=1S/C18H19N3O5S/c1-26-16-10-9-14(20-19-13-6-3-2-4-7-13)12-17(16)27(24,25)21-11-5-8-15(21)18(22)23/h2-4,6-7,9-10,12,15H,5,8,11H2,1H3,(H,22,23)/t15-/m0/s1. The fourth-order valence-corrected chi connectivity index (χ4v) is 4.77. The van der Waals surface area contributed by atoms with Gasteiger partial charge in [-0.25, -0.2) is 8.42 Å². The third kappa shape index (κ3) is 3.99. The van der Waals surface area contributed by atoms with Crippen molar-refractivity contribution in [2.24, 2.45) is 10.2 Å². The van der Waals surface area contributed by atoms with Crippen LogP contribution in [0.4, 0.5) is 11.4 Å². The molecular weight excluding hydrogens is 370 g/mol. The summed E-state index contributed by atoms with van der Waals surface area (Å²) >= 11 is 0. The normalized spacial score (nSPS) is 18.0. The number of carboxylic acid groups (broad SMARTS) is 1. The summed E-state index contributed by atoms with van der Waals surface area (Å²) in [5.41, 5.74) is 0.951. The minimum Gasteiger partial charge on any atom is -0.495 e. The molecule has 8 nitrogen and oxygen atoms in total. The Balaban J connectivity index is 1.98. The minimum atomic E-state index is -4.06. The second-order valence-corrected chi connectivity index (χ2v) is 7.84. The highest BCUT2D eigenvalue weighted by Crippen LogP contribution is 2.34. The van der Waals surface area contributed by atoms with E-state index >= 15 is 0 Å². The molecule has 2 aromatic rings. The van der Waals surface area contributed by atoms with Gasteiger partial charge in [0.15, 0.2) is 0 Å². The average Bonchev–Trinajstić information content (AvgIpc) is 3.18. The number of nitrogens with zero attached hydrogens (tertiary/aromatic N) is 3. The number of hydrogen-bond acceptors (Lipinski definition) is 6. The van der Waals surface area contributed by atoms with Crippen LogP contribution in [0.2, 0.25) is 0 Å². The summed E-state index contributed by atoms with van der Waals surface area (Å²) in [6.45, 7) is 0.151. The maximum atomic E-state index is 13.1. The maximum Gasteiger partial charge on any atom is 0.322 e. The Morgan fingerprint density at radius 1 is 1.15 bits per heavy atom. The molecule has 0 aliphatic carbocycles. The van der Waals surface area contributed by atoms with E-state index in [-0.39, 0.29) is 23.6 Å². The molecule has 1 atom stereocenters. The molecule has 0 saturated carbocycles. The van der Waals surface area contributed by atoms with E-state index in [1.165, 1.54) is 19.2 Å². The Bertz CT molecular complexity index is 960. The first-order valence-corrected chi connectivity index (χ1v) is 9.77. The van der Waals surface area contributed by atoms with E-state index < -0.39 is 22.0 Å². The van der Waals surface area contributed by atoms with Crippen molar-refractivity contribution in [3.05, 3.63) is 48.5 Å². The number of benzene rings is 2. The molecule has 2 aromatic carbocycles. The summed E-state index contributed by atoms with van der Waals surface area (Å²) in [6.07, 6.45) is 0.774. The fraction of sp³-hybridized carbons (Fsp3) is 0.278. The van der Waals surface area contributed by atoms with Gasteiger partial charge >= 0.3 is 5.97 Å². The van der Waals surface area contributed by atoms with Gasteiger partial charge in [0, 0.05) is 6.54 Å². The van der Waals surface area contributed by atoms with Crippen LogP contribution in [-0.2, 0) is 14.8 Å². The van der Waals surface area contributed by atoms with Crippen molar-refractivity contribution in [2.75, 3.05) is 13.7 Å². The summed E-state index contributed by atoms with van der Waals surface area (Å²) in [5, 5.41) is 17.5. The Hall–Kier alpha value is -2.78. The van der Waals surface area contributed by atoms with E-state index in [0.29, 0.717) is 17.8 Å². The SMILES string of the molecule is COc1ccc(N=Nc2ccccc2)cc1S(=O)(=O)N1CCC[C@H]1C(=O)O. The van der Waals surface area contributed by atoms with E-state index in [1.807, 2.05) is 18.2 Å². The van der Waals surface area contributed by atoms with E-state index in [1.54, 1.807) is 18.2 Å². The summed E-state index contributed by atoms with van der Waals surface area (Å²) in [7, 11) is -2.70. The van der Waals surface area contributed by atoms with Crippen molar-refractivity contribution < 1.29 is 23.1 Å². The van der Waals surface area contributed by atoms with Crippen LogP contribution in [0.5, 0.6) is 5.75 Å². The van der Waals surface area contributed by atoms with Crippen molar-refractivity contribution in [1.29, 1.82) is 0 Å². The first-order chi connectivity index (χ1) is 12.9. The fourth-order valence-electron chi connectivity index (χ4n) is 2.94. The number of azo groups is 1. The first kappa shape index (κ1) is 19.0. The number of carboxylic acids is 1. The number of methoxy groups -OCH3 is 1. The highest BCUT2D eigenvalue weighted by molar-refractivity contribution is 7.89. The van der Waals surface area contributed by atoms with Gasteiger partial charge in [-0.05, 0) is 43.2 Å². The zero-order valence-corrected chi connectivity index (χ0v) is 15.5. The highest BCUT2D eigenvalue weighted by Gasteiger charge is 2.40. The van der Waals surface area contributed by atoms with Crippen molar-refractivity contribution >= 4 is 27.4 Å². The van der Waals surface area contributed by atoms with E-state index in [9.17, 15) is 18.3 Å². The van der Waals surface area contributed by atoms with Gasteiger partial charge in [-0.2, -0.15) is 14.5 Å². The summed E-state index contributed by atoms with van der Waals surface area (Å²) in [6, 6.07) is 12.4. The molecular formula is C18H19N3O5S. The molecule has 1 N–H and O–H groups in total. The number of aliphatic carboxylic acids is 1. The summed E-state index contributed by atoms with van der Waals surface area (Å²) in [5.74, 6) is -1.03. The van der Waals surface area contributed by atoms with Crippen LogP contribution in [0, 0.1) is 0 Å². The lowest BCUT2D eigenvalue weighted by atomic mass is 10.2. The van der Waals surface area contributed by atoms with Crippen LogP contribution in [0.1, 0.15) is 12.8 Å². The Morgan fingerprint density at radius 2 is 1.85 bits per heavy atom. The Labute approximate surface area is 157 Å². The highest BCUT2D eigenvalue weighted by atomic mass is 32.2. The zero-order valence-electron chi connectivity index (χ0n) is 14.6. The topological polar surface area (TPSA) is 109 Å². The Morgan fingerprint density at radius 3 is 2.52 bits per heavy atom. The number of ether oxygens (including phenoxy) is 1. The lowest BCUT2D eigenvalue weighted by Gasteiger charge is -2.22. The quantitative estimate of drug-likeness (QED) is 0.762. The van der Waals surface area contributed by atoms with Gasteiger partial charge in [0.05, 0.1) is 18.5 Å². The number of rotatable bonds is 6. The minimum absolute atomic E-state index is 0.123. The molecule has 142 valence electrons. The molecule has 1 saturated heterocycles. The molecule has 0 aromatic heterocycles. The molecule has 0 spiro atoms. The molecule has 0 bridgehead atoms. The predicted octanol–water partition coefficient (Wildman–Crippen LogP) is 3.35. The molecule has 0 radical (unpaired) electrons. The second kappa shape index (κ2) is 7.85. The molecule has 27 heavy (non-hydrogen) atoms. The van der Waals surface area contributed by atoms with Gasteiger partial charge in [-0.3, -0.25) is 4.79 Å². The van der Waals surface area contributed by atoms with Gasteiger partial charge in [-0.15, -0.1) is 0 Å². The summed E-state index contributed by atoms with van der Waals surface area (Å²) < 4.78 is 32.3.